The number of aryl methyl sites for hydroxylation is 1. The van der Waals surface area contributed by atoms with Gasteiger partial charge in [-0.15, -0.1) is 0 Å². The molecule has 1 rings (SSSR count). The first-order valence-corrected chi connectivity index (χ1v) is 5.96. The lowest BCUT2D eigenvalue weighted by molar-refractivity contribution is -0.144. The predicted octanol–water partition coefficient (Wildman–Crippen LogP) is 1.89. The Morgan fingerprint density at radius 2 is 2.36 bits per heavy atom. The second-order valence-corrected chi connectivity index (χ2v) is 4.91. The SMILES string of the molecule is Cc1nsc(SCC(=O)OC(C)C)n1. The Bertz CT molecular complexity index is 312. The first-order valence-electron chi connectivity index (χ1n) is 4.20. The molecule has 6 heteroatoms. The van der Waals surface area contributed by atoms with Gasteiger partial charge in [0.15, 0.2) is 4.34 Å². The highest BCUT2D eigenvalue weighted by Crippen LogP contribution is 2.19. The highest BCUT2D eigenvalue weighted by atomic mass is 32.2. The Morgan fingerprint density at radius 3 is 2.86 bits per heavy atom. The maximum atomic E-state index is 11.1. The van der Waals surface area contributed by atoms with Gasteiger partial charge >= 0.3 is 5.97 Å². The summed E-state index contributed by atoms with van der Waals surface area (Å²) in [6, 6.07) is 0. The lowest BCUT2D eigenvalue weighted by Gasteiger charge is -2.05. The fraction of sp³-hybridized carbons (Fsp3) is 0.625. The van der Waals surface area contributed by atoms with Gasteiger partial charge in [0.25, 0.3) is 0 Å². The van der Waals surface area contributed by atoms with E-state index in [0.717, 1.165) is 10.2 Å². The number of hydrogen-bond acceptors (Lipinski definition) is 6. The Kier molecular flexibility index (Phi) is 4.34. The molecule has 0 aromatic carbocycles. The minimum absolute atomic E-state index is 0.0562. The number of thioether (sulfide) groups is 1. The van der Waals surface area contributed by atoms with E-state index in [-0.39, 0.29) is 12.1 Å². The number of carbonyl (C=O) groups is 1. The van der Waals surface area contributed by atoms with Gasteiger partial charge in [0, 0.05) is 0 Å². The van der Waals surface area contributed by atoms with Crippen molar-refractivity contribution in [2.75, 3.05) is 5.75 Å². The molecule has 0 saturated carbocycles. The summed E-state index contributed by atoms with van der Waals surface area (Å²) in [7, 11) is 0. The van der Waals surface area contributed by atoms with Crippen LogP contribution in [-0.2, 0) is 9.53 Å². The number of carbonyl (C=O) groups excluding carboxylic acids is 1. The van der Waals surface area contributed by atoms with Crippen molar-refractivity contribution < 1.29 is 9.53 Å². The number of aromatic nitrogens is 2. The van der Waals surface area contributed by atoms with Crippen molar-refractivity contribution >= 4 is 29.3 Å². The van der Waals surface area contributed by atoms with E-state index < -0.39 is 0 Å². The van der Waals surface area contributed by atoms with Crippen LogP contribution in [0.2, 0.25) is 0 Å². The number of hydrogen-bond donors (Lipinski definition) is 0. The van der Waals surface area contributed by atoms with Crippen molar-refractivity contribution in [2.45, 2.75) is 31.2 Å². The van der Waals surface area contributed by atoms with E-state index >= 15 is 0 Å². The summed E-state index contributed by atoms with van der Waals surface area (Å²) in [5, 5.41) is 0. The summed E-state index contributed by atoms with van der Waals surface area (Å²) >= 11 is 2.67. The molecule has 0 amide bonds. The first-order chi connectivity index (χ1) is 6.58. The molecule has 0 aliphatic heterocycles. The fourth-order valence-corrected chi connectivity index (χ4v) is 2.18. The molecule has 0 aliphatic carbocycles. The Morgan fingerprint density at radius 1 is 1.64 bits per heavy atom. The maximum Gasteiger partial charge on any atom is 0.316 e. The lowest BCUT2D eigenvalue weighted by atomic mass is 10.5. The highest BCUT2D eigenvalue weighted by Gasteiger charge is 2.08. The zero-order chi connectivity index (χ0) is 10.6. The van der Waals surface area contributed by atoms with Gasteiger partial charge in [0.1, 0.15) is 5.82 Å². The third-order valence-corrected chi connectivity index (χ3v) is 3.09. The second-order valence-electron chi connectivity index (χ2n) is 2.93. The van der Waals surface area contributed by atoms with Crippen molar-refractivity contribution in [3.63, 3.8) is 0 Å². The molecule has 1 heterocycles. The van der Waals surface area contributed by atoms with Crippen molar-refractivity contribution in [2.24, 2.45) is 0 Å². The van der Waals surface area contributed by atoms with Crippen LogP contribution < -0.4 is 0 Å². The Hall–Kier alpha value is -0.620. The Balaban J connectivity index is 2.30. The number of ether oxygens (including phenoxy) is 1. The van der Waals surface area contributed by atoms with Gasteiger partial charge in [-0.25, -0.2) is 4.98 Å². The summed E-state index contributed by atoms with van der Waals surface area (Å²) in [4.78, 5) is 15.3. The van der Waals surface area contributed by atoms with Crippen LogP contribution in [0.4, 0.5) is 0 Å². The van der Waals surface area contributed by atoms with Crippen molar-refractivity contribution in [1.82, 2.24) is 9.36 Å². The normalized spacial score (nSPS) is 10.6. The summed E-state index contributed by atoms with van der Waals surface area (Å²) in [5.74, 6) is 0.833. The summed E-state index contributed by atoms with van der Waals surface area (Å²) < 4.78 is 9.80. The zero-order valence-electron chi connectivity index (χ0n) is 8.31. The van der Waals surface area contributed by atoms with E-state index in [9.17, 15) is 4.79 Å². The van der Waals surface area contributed by atoms with E-state index in [1.165, 1.54) is 23.3 Å². The van der Waals surface area contributed by atoms with Crippen LogP contribution in [0.1, 0.15) is 19.7 Å². The monoisotopic (exact) mass is 232 g/mol. The average molecular weight is 232 g/mol. The third-order valence-electron chi connectivity index (χ3n) is 1.19. The van der Waals surface area contributed by atoms with Crippen LogP contribution in [0.25, 0.3) is 0 Å². The molecular formula is C8H12N2O2S2. The van der Waals surface area contributed by atoms with Gasteiger partial charge in [-0.05, 0) is 32.3 Å². The molecule has 1 aromatic rings. The molecule has 0 saturated heterocycles. The number of nitrogens with zero attached hydrogens (tertiary/aromatic N) is 2. The van der Waals surface area contributed by atoms with E-state index in [1.54, 1.807) is 0 Å². The number of esters is 1. The number of rotatable bonds is 4. The molecule has 0 fully saturated rings. The van der Waals surface area contributed by atoms with Crippen LogP contribution >= 0.6 is 23.3 Å². The van der Waals surface area contributed by atoms with Crippen LogP contribution in [0, 0.1) is 6.92 Å². The van der Waals surface area contributed by atoms with Crippen LogP contribution in [0.3, 0.4) is 0 Å². The molecular weight excluding hydrogens is 220 g/mol. The van der Waals surface area contributed by atoms with Gasteiger partial charge in [0.2, 0.25) is 0 Å². The average Bonchev–Trinajstić information content (AvgIpc) is 2.47. The molecule has 0 unspecified atom stereocenters. The molecule has 78 valence electrons. The molecule has 0 bridgehead atoms. The summed E-state index contributed by atoms with van der Waals surface area (Å²) in [6.07, 6.45) is -0.0562. The lowest BCUT2D eigenvalue weighted by Crippen LogP contribution is -2.13. The van der Waals surface area contributed by atoms with E-state index in [2.05, 4.69) is 9.36 Å². The molecule has 1 aromatic heterocycles. The Labute approximate surface area is 91.2 Å². The van der Waals surface area contributed by atoms with E-state index in [1.807, 2.05) is 20.8 Å². The second kappa shape index (κ2) is 5.31. The third kappa shape index (κ3) is 4.06. The molecule has 0 spiro atoms. The molecule has 4 nitrogen and oxygen atoms in total. The van der Waals surface area contributed by atoms with Crippen molar-refractivity contribution in [3.8, 4) is 0 Å². The van der Waals surface area contributed by atoms with Crippen molar-refractivity contribution in [3.05, 3.63) is 5.82 Å². The van der Waals surface area contributed by atoms with Gasteiger partial charge < -0.3 is 4.74 Å². The smallest absolute Gasteiger partial charge is 0.316 e. The van der Waals surface area contributed by atoms with Crippen LogP contribution in [-0.4, -0.2) is 27.2 Å². The molecule has 0 atom stereocenters. The molecule has 0 aliphatic rings. The van der Waals surface area contributed by atoms with Crippen molar-refractivity contribution in [1.29, 1.82) is 0 Å². The van der Waals surface area contributed by atoms with Gasteiger partial charge in [-0.1, -0.05) is 11.8 Å². The van der Waals surface area contributed by atoms with E-state index in [4.69, 9.17) is 4.74 Å². The molecule has 14 heavy (non-hydrogen) atoms. The quantitative estimate of drug-likeness (QED) is 0.586. The minimum Gasteiger partial charge on any atom is -0.462 e. The zero-order valence-corrected chi connectivity index (χ0v) is 9.94. The standard InChI is InChI=1S/C8H12N2O2S2/c1-5(2)12-7(11)4-13-8-9-6(3)10-14-8/h5H,4H2,1-3H3. The maximum absolute atomic E-state index is 11.1. The van der Waals surface area contributed by atoms with Gasteiger partial charge in [0.05, 0.1) is 11.9 Å². The summed E-state index contributed by atoms with van der Waals surface area (Å²) in [5.41, 5.74) is 0. The highest BCUT2D eigenvalue weighted by molar-refractivity contribution is 8.01. The van der Waals surface area contributed by atoms with Gasteiger partial charge in [-0.3, -0.25) is 4.79 Å². The minimum atomic E-state index is -0.210. The topological polar surface area (TPSA) is 52.1 Å². The molecule has 0 N–H and O–H groups in total. The fourth-order valence-electron chi connectivity index (χ4n) is 0.754. The largest absolute Gasteiger partial charge is 0.462 e. The summed E-state index contributed by atoms with van der Waals surface area (Å²) in [6.45, 7) is 5.49. The van der Waals surface area contributed by atoms with E-state index in [0.29, 0.717) is 5.75 Å². The van der Waals surface area contributed by atoms with Crippen LogP contribution in [0.5, 0.6) is 0 Å². The van der Waals surface area contributed by atoms with Gasteiger partial charge in [-0.2, -0.15) is 4.37 Å². The predicted molar refractivity (Wildman–Crippen MR) is 56.6 cm³/mol. The van der Waals surface area contributed by atoms with Crippen LogP contribution in [0.15, 0.2) is 4.34 Å². The molecule has 0 radical (unpaired) electrons. The first kappa shape index (κ1) is 11.5.